The molecule has 0 spiro atoms. The Morgan fingerprint density at radius 2 is 1.51 bits per heavy atom. The van der Waals surface area contributed by atoms with E-state index >= 15 is 0 Å². The number of sulfonamides is 1. The van der Waals surface area contributed by atoms with Gasteiger partial charge in [-0.1, -0.05) is 77.8 Å². The van der Waals surface area contributed by atoms with E-state index in [2.05, 4.69) is 5.32 Å². The number of carbonyl (C=O) groups is 2. The zero-order valence-corrected chi connectivity index (χ0v) is 29.2. The van der Waals surface area contributed by atoms with Crippen molar-refractivity contribution in [3.8, 4) is 5.75 Å². The first kappa shape index (κ1) is 35.5. The molecule has 47 heavy (non-hydrogen) atoms. The second kappa shape index (κ2) is 15.0. The predicted octanol–water partition coefficient (Wildman–Crippen LogP) is 6.72. The number of amides is 2. The highest BCUT2D eigenvalue weighted by molar-refractivity contribution is 7.92. The van der Waals surface area contributed by atoms with Crippen LogP contribution in [0.3, 0.4) is 0 Å². The van der Waals surface area contributed by atoms with Crippen LogP contribution in [0.4, 0.5) is 5.69 Å². The zero-order chi connectivity index (χ0) is 34.4. The Hall–Kier alpha value is -4.34. The minimum atomic E-state index is -4.25. The van der Waals surface area contributed by atoms with Gasteiger partial charge in [0.05, 0.1) is 17.7 Å². The molecule has 0 saturated heterocycles. The summed E-state index contributed by atoms with van der Waals surface area (Å²) in [4.78, 5) is 30.2. The van der Waals surface area contributed by atoms with Gasteiger partial charge in [-0.15, -0.1) is 0 Å². The number of hydrogen-bond acceptors (Lipinski definition) is 5. The third kappa shape index (κ3) is 9.14. The molecule has 2 amide bonds. The SMILES string of the molecule is COc1cccc(CN(C(=O)CN(c2cccc(Cl)c2C)S(=O)(=O)c2ccc(C)cc2)[C@@H](Cc2ccccc2)C(=O)NC(C)(C)C)c1. The Kier molecular flexibility index (Phi) is 11.4. The molecule has 0 unspecified atom stereocenters. The lowest BCUT2D eigenvalue weighted by Gasteiger charge is -2.35. The van der Waals surface area contributed by atoms with Gasteiger partial charge in [0.2, 0.25) is 11.8 Å². The topological polar surface area (TPSA) is 96.0 Å². The van der Waals surface area contributed by atoms with Crippen molar-refractivity contribution in [2.75, 3.05) is 18.0 Å². The summed E-state index contributed by atoms with van der Waals surface area (Å²) in [6.07, 6.45) is 0.208. The largest absolute Gasteiger partial charge is 0.497 e. The molecule has 0 saturated carbocycles. The van der Waals surface area contributed by atoms with Crippen molar-refractivity contribution in [1.29, 1.82) is 0 Å². The number of methoxy groups -OCH3 is 1. The number of ether oxygens (including phenoxy) is 1. The van der Waals surface area contributed by atoms with E-state index in [1.165, 1.54) is 17.0 Å². The number of anilines is 1. The molecule has 10 heteroatoms. The zero-order valence-electron chi connectivity index (χ0n) is 27.7. The van der Waals surface area contributed by atoms with Crippen LogP contribution in [-0.2, 0) is 32.6 Å². The van der Waals surface area contributed by atoms with Gasteiger partial charge in [0.15, 0.2) is 0 Å². The minimum Gasteiger partial charge on any atom is -0.497 e. The van der Waals surface area contributed by atoms with E-state index in [4.69, 9.17) is 16.3 Å². The van der Waals surface area contributed by atoms with Gasteiger partial charge in [0.25, 0.3) is 10.0 Å². The predicted molar refractivity (Wildman–Crippen MR) is 187 cm³/mol. The first-order valence-electron chi connectivity index (χ1n) is 15.3. The molecular weight excluding hydrogens is 634 g/mol. The number of rotatable bonds is 12. The Bertz CT molecular complexity index is 1810. The van der Waals surface area contributed by atoms with Crippen molar-refractivity contribution in [3.05, 3.63) is 124 Å². The molecule has 4 aromatic rings. The Balaban J connectivity index is 1.86. The van der Waals surface area contributed by atoms with Crippen LogP contribution in [0.25, 0.3) is 0 Å². The summed E-state index contributed by atoms with van der Waals surface area (Å²) in [5.74, 6) is -0.330. The van der Waals surface area contributed by atoms with Crippen LogP contribution in [0.2, 0.25) is 5.02 Å². The van der Waals surface area contributed by atoms with Gasteiger partial charge >= 0.3 is 0 Å². The molecule has 1 atom stereocenters. The summed E-state index contributed by atoms with van der Waals surface area (Å²) in [7, 11) is -2.70. The quantitative estimate of drug-likeness (QED) is 0.180. The number of benzene rings is 4. The van der Waals surface area contributed by atoms with E-state index in [9.17, 15) is 18.0 Å². The fourth-order valence-electron chi connectivity index (χ4n) is 5.19. The molecule has 4 aromatic carbocycles. The van der Waals surface area contributed by atoms with Crippen LogP contribution in [0.15, 0.2) is 102 Å². The summed E-state index contributed by atoms with van der Waals surface area (Å²) in [5, 5.41) is 3.40. The van der Waals surface area contributed by atoms with Crippen LogP contribution in [0.5, 0.6) is 5.75 Å². The number of halogens is 1. The molecular formula is C37H42ClN3O5S. The van der Waals surface area contributed by atoms with Gasteiger partial charge < -0.3 is 15.0 Å². The Morgan fingerprint density at radius 1 is 0.872 bits per heavy atom. The van der Waals surface area contributed by atoms with Crippen molar-refractivity contribution in [2.45, 2.75) is 64.1 Å². The van der Waals surface area contributed by atoms with Crippen molar-refractivity contribution >= 4 is 39.1 Å². The smallest absolute Gasteiger partial charge is 0.264 e. The normalized spacial score (nSPS) is 12.2. The lowest BCUT2D eigenvalue weighted by Crippen LogP contribution is -2.56. The van der Waals surface area contributed by atoms with E-state index in [0.29, 0.717) is 21.9 Å². The maximum Gasteiger partial charge on any atom is 0.264 e. The molecule has 0 bridgehead atoms. The van der Waals surface area contributed by atoms with Crippen molar-refractivity contribution in [3.63, 3.8) is 0 Å². The molecule has 248 valence electrons. The summed E-state index contributed by atoms with van der Waals surface area (Å²) < 4.78 is 35.1. The second-order valence-electron chi connectivity index (χ2n) is 12.5. The molecule has 0 aliphatic carbocycles. The van der Waals surface area contributed by atoms with E-state index in [0.717, 1.165) is 15.4 Å². The van der Waals surface area contributed by atoms with Crippen LogP contribution < -0.4 is 14.4 Å². The molecule has 0 radical (unpaired) electrons. The minimum absolute atomic E-state index is 0.0258. The number of hydrogen-bond donors (Lipinski definition) is 1. The van der Waals surface area contributed by atoms with E-state index < -0.39 is 34.1 Å². The maximum absolute atomic E-state index is 14.7. The summed E-state index contributed by atoms with van der Waals surface area (Å²) in [6, 6.07) is 27.1. The lowest BCUT2D eigenvalue weighted by molar-refractivity contribution is -0.140. The molecule has 0 heterocycles. The number of nitrogens with zero attached hydrogens (tertiary/aromatic N) is 2. The highest BCUT2D eigenvalue weighted by Gasteiger charge is 2.36. The van der Waals surface area contributed by atoms with E-state index in [-0.39, 0.29) is 29.5 Å². The van der Waals surface area contributed by atoms with Crippen LogP contribution >= 0.6 is 11.6 Å². The van der Waals surface area contributed by atoms with Gasteiger partial charge in [0, 0.05) is 23.5 Å². The van der Waals surface area contributed by atoms with E-state index in [1.54, 1.807) is 56.5 Å². The number of carbonyl (C=O) groups excluding carboxylic acids is 2. The first-order chi connectivity index (χ1) is 22.2. The number of nitrogens with one attached hydrogen (secondary N) is 1. The summed E-state index contributed by atoms with van der Waals surface area (Å²) in [6.45, 7) is 8.64. The summed E-state index contributed by atoms with van der Waals surface area (Å²) >= 11 is 6.47. The van der Waals surface area contributed by atoms with Crippen LogP contribution in [0, 0.1) is 13.8 Å². The van der Waals surface area contributed by atoms with Gasteiger partial charge in [0.1, 0.15) is 18.3 Å². The summed E-state index contributed by atoms with van der Waals surface area (Å²) in [5.41, 5.74) is 2.64. The third-order valence-electron chi connectivity index (χ3n) is 7.65. The highest BCUT2D eigenvalue weighted by atomic mass is 35.5. The second-order valence-corrected chi connectivity index (χ2v) is 14.8. The fraction of sp³-hybridized carbons (Fsp3) is 0.297. The first-order valence-corrected chi connectivity index (χ1v) is 17.1. The fourth-order valence-corrected chi connectivity index (χ4v) is 6.83. The standard InChI is InChI=1S/C37H42ClN3O5S/c1-26-18-20-31(21-19-26)47(44,45)41(33-17-11-16-32(38)27(33)2)25-35(42)40(24-29-14-10-15-30(22-29)46-6)34(36(43)39-37(3,4)5)23-28-12-8-7-9-13-28/h7-22,34H,23-25H2,1-6H3,(H,39,43)/t34-/m0/s1. The van der Waals surface area contributed by atoms with Gasteiger partial charge in [-0.3, -0.25) is 13.9 Å². The number of aryl methyl sites for hydroxylation is 1. The van der Waals surface area contributed by atoms with Crippen LogP contribution in [-0.4, -0.2) is 50.4 Å². The lowest BCUT2D eigenvalue weighted by atomic mass is 10.0. The average molecular weight is 676 g/mol. The molecule has 0 aliphatic rings. The molecule has 0 aromatic heterocycles. The monoisotopic (exact) mass is 675 g/mol. The average Bonchev–Trinajstić information content (AvgIpc) is 3.03. The highest BCUT2D eigenvalue weighted by Crippen LogP contribution is 2.31. The molecule has 0 fully saturated rings. The van der Waals surface area contributed by atoms with Crippen molar-refractivity contribution < 1.29 is 22.7 Å². The molecule has 8 nitrogen and oxygen atoms in total. The van der Waals surface area contributed by atoms with Crippen LogP contribution in [0.1, 0.15) is 43.0 Å². The third-order valence-corrected chi connectivity index (χ3v) is 9.84. The Labute approximate surface area is 283 Å². The van der Waals surface area contributed by atoms with Gasteiger partial charge in [-0.2, -0.15) is 0 Å². The molecule has 0 aliphatic heterocycles. The van der Waals surface area contributed by atoms with Gasteiger partial charge in [-0.25, -0.2) is 8.42 Å². The maximum atomic E-state index is 14.7. The Morgan fingerprint density at radius 3 is 2.15 bits per heavy atom. The van der Waals surface area contributed by atoms with Gasteiger partial charge in [-0.05, 0) is 87.7 Å². The van der Waals surface area contributed by atoms with E-state index in [1.807, 2.05) is 70.2 Å². The molecule has 1 N–H and O–H groups in total. The molecule has 4 rings (SSSR count). The van der Waals surface area contributed by atoms with Crippen molar-refractivity contribution in [2.24, 2.45) is 0 Å². The van der Waals surface area contributed by atoms with Crippen molar-refractivity contribution in [1.82, 2.24) is 10.2 Å².